The number of benzene rings is 1. The van der Waals surface area contributed by atoms with Gasteiger partial charge in [-0.05, 0) is 32.0 Å². The molecule has 0 radical (unpaired) electrons. The molecule has 1 fully saturated rings. The average Bonchev–Trinajstić information content (AvgIpc) is 2.88. The number of aliphatic hydroxyl groups is 1. The van der Waals surface area contributed by atoms with Gasteiger partial charge in [-0.15, -0.1) is 0 Å². The van der Waals surface area contributed by atoms with Gasteiger partial charge in [0.15, 0.2) is 0 Å². The molecule has 2 aliphatic heterocycles. The number of ether oxygens (including phenoxy) is 3. The SMILES string of the molecule is CC1(C)Oc2ccc(C#N)cc2[C@H](OC2COC(=O)C2)[C@H]1O. The highest BCUT2D eigenvalue weighted by atomic mass is 16.6. The Kier molecular flexibility index (Phi) is 3.55. The van der Waals surface area contributed by atoms with Gasteiger partial charge in [0.1, 0.15) is 36.3 Å². The first-order chi connectivity index (χ1) is 10.4. The van der Waals surface area contributed by atoms with Crippen LogP contribution in [0.3, 0.4) is 0 Å². The number of hydrogen-bond donors (Lipinski definition) is 1. The summed E-state index contributed by atoms with van der Waals surface area (Å²) < 4.78 is 16.6. The van der Waals surface area contributed by atoms with Crippen molar-refractivity contribution in [2.24, 2.45) is 0 Å². The smallest absolute Gasteiger partial charge is 0.308 e. The Morgan fingerprint density at radius 1 is 1.45 bits per heavy atom. The monoisotopic (exact) mass is 303 g/mol. The summed E-state index contributed by atoms with van der Waals surface area (Å²) in [6.45, 7) is 3.72. The number of carbonyl (C=O) groups excluding carboxylic acids is 1. The van der Waals surface area contributed by atoms with E-state index in [1.807, 2.05) is 0 Å². The summed E-state index contributed by atoms with van der Waals surface area (Å²) in [5.41, 5.74) is 0.238. The van der Waals surface area contributed by atoms with Crippen LogP contribution >= 0.6 is 0 Å². The zero-order valence-corrected chi connectivity index (χ0v) is 12.4. The van der Waals surface area contributed by atoms with E-state index in [1.54, 1.807) is 32.0 Å². The van der Waals surface area contributed by atoms with Gasteiger partial charge in [-0.25, -0.2) is 0 Å². The number of nitrogens with zero attached hydrogens (tertiary/aromatic N) is 1. The lowest BCUT2D eigenvalue weighted by atomic mass is 9.87. The minimum Gasteiger partial charge on any atom is -0.485 e. The fraction of sp³-hybridized carbons (Fsp3) is 0.500. The normalized spacial score (nSPS) is 29.2. The molecule has 6 heteroatoms. The quantitative estimate of drug-likeness (QED) is 0.832. The Bertz CT molecular complexity index is 648. The van der Waals surface area contributed by atoms with Gasteiger partial charge in [0.2, 0.25) is 0 Å². The number of rotatable bonds is 2. The van der Waals surface area contributed by atoms with Crippen LogP contribution in [0.4, 0.5) is 0 Å². The molecule has 22 heavy (non-hydrogen) atoms. The van der Waals surface area contributed by atoms with Gasteiger partial charge in [0.25, 0.3) is 0 Å². The molecule has 1 unspecified atom stereocenters. The largest absolute Gasteiger partial charge is 0.485 e. The second-order valence-corrected chi connectivity index (χ2v) is 6.08. The number of carbonyl (C=O) groups is 1. The van der Waals surface area contributed by atoms with Crippen LogP contribution in [-0.2, 0) is 14.3 Å². The maximum Gasteiger partial charge on any atom is 0.308 e. The third kappa shape index (κ3) is 2.54. The first-order valence-corrected chi connectivity index (χ1v) is 7.13. The van der Waals surface area contributed by atoms with Gasteiger partial charge in [0.05, 0.1) is 18.1 Å². The van der Waals surface area contributed by atoms with E-state index in [1.165, 1.54) is 0 Å². The van der Waals surface area contributed by atoms with Gasteiger partial charge in [0, 0.05) is 5.56 Å². The molecular formula is C16H17NO5. The Morgan fingerprint density at radius 3 is 2.86 bits per heavy atom. The summed E-state index contributed by atoms with van der Waals surface area (Å²) in [6, 6.07) is 7.07. The summed E-state index contributed by atoms with van der Waals surface area (Å²) in [5.74, 6) is 0.265. The van der Waals surface area contributed by atoms with Crippen LogP contribution in [0.5, 0.6) is 5.75 Å². The molecule has 0 aliphatic carbocycles. The van der Waals surface area contributed by atoms with Crippen molar-refractivity contribution in [2.45, 2.75) is 44.2 Å². The predicted octanol–water partition coefficient (Wildman–Crippen LogP) is 1.46. The summed E-state index contributed by atoms with van der Waals surface area (Å²) >= 11 is 0. The van der Waals surface area contributed by atoms with E-state index in [0.717, 1.165) is 0 Å². The zero-order valence-electron chi connectivity index (χ0n) is 12.4. The fourth-order valence-electron chi connectivity index (χ4n) is 2.74. The molecule has 2 aliphatic rings. The lowest BCUT2D eigenvalue weighted by Gasteiger charge is -2.42. The molecule has 0 aromatic heterocycles. The van der Waals surface area contributed by atoms with Crippen LogP contribution < -0.4 is 4.74 Å². The second kappa shape index (κ2) is 5.27. The third-order valence-electron chi connectivity index (χ3n) is 3.98. The maximum atomic E-state index is 11.2. The van der Waals surface area contributed by atoms with Crippen molar-refractivity contribution in [3.63, 3.8) is 0 Å². The lowest BCUT2D eigenvalue weighted by Crippen LogP contribution is -2.50. The van der Waals surface area contributed by atoms with Crippen molar-refractivity contribution in [1.82, 2.24) is 0 Å². The number of aliphatic hydroxyl groups excluding tert-OH is 1. The average molecular weight is 303 g/mol. The molecular weight excluding hydrogens is 286 g/mol. The lowest BCUT2D eigenvalue weighted by molar-refractivity contribution is -0.153. The van der Waals surface area contributed by atoms with E-state index in [4.69, 9.17) is 19.5 Å². The van der Waals surface area contributed by atoms with Crippen molar-refractivity contribution in [3.05, 3.63) is 29.3 Å². The van der Waals surface area contributed by atoms with Crippen molar-refractivity contribution >= 4 is 5.97 Å². The van der Waals surface area contributed by atoms with Crippen LogP contribution in [0.25, 0.3) is 0 Å². The molecule has 0 amide bonds. The van der Waals surface area contributed by atoms with Crippen LogP contribution in [0.2, 0.25) is 0 Å². The Morgan fingerprint density at radius 2 is 2.23 bits per heavy atom. The molecule has 2 heterocycles. The van der Waals surface area contributed by atoms with Crippen molar-refractivity contribution < 1.29 is 24.1 Å². The standard InChI is InChI=1S/C16H17NO5/c1-16(2)15(19)14(21-10-6-13(18)20-8-10)11-5-9(7-17)3-4-12(11)22-16/h3-5,10,14-15,19H,6,8H2,1-2H3/t10?,14-,15+/m0/s1. The summed E-state index contributed by atoms with van der Waals surface area (Å²) in [6.07, 6.45) is -1.84. The van der Waals surface area contributed by atoms with E-state index in [-0.39, 0.29) is 19.0 Å². The van der Waals surface area contributed by atoms with Crippen LogP contribution in [0.15, 0.2) is 18.2 Å². The molecule has 3 rings (SSSR count). The van der Waals surface area contributed by atoms with Crippen LogP contribution in [0, 0.1) is 11.3 Å². The highest BCUT2D eigenvalue weighted by molar-refractivity contribution is 5.71. The van der Waals surface area contributed by atoms with Gasteiger partial charge in [-0.3, -0.25) is 4.79 Å². The van der Waals surface area contributed by atoms with Gasteiger partial charge in [-0.1, -0.05) is 0 Å². The molecule has 116 valence electrons. The number of nitriles is 1. The molecule has 1 saturated heterocycles. The molecule has 1 aromatic rings. The van der Waals surface area contributed by atoms with E-state index < -0.39 is 23.9 Å². The topological polar surface area (TPSA) is 88.8 Å². The third-order valence-corrected chi connectivity index (χ3v) is 3.98. The molecule has 0 saturated carbocycles. The summed E-state index contributed by atoms with van der Waals surface area (Å²) in [5, 5.41) is 19.6. The molecule has 1 aromatic carbocycles. The molecule has 0 spiro atoms. The van der Waals surface area contributed by atoms with Crippen molar-refractivity contribution in [3.8, 4) is 11.8 Å². The van der Waals surface area contributed by atoms with Crippen molar-refractivity contribution in [2.75, 3.05) is 6.61 Å². The van der Waals surface area contributed by atoms with E-state index in [0.29, 0.717) is 16.9 Å². The van der Waals surface area contributed by atoms with E-state index >= 15 is 0 Å². The molecule has 3 atom stereocenters. The minimum absolute atomic E-state index is 0.164. The van der Waals surface area contributed by atoms with Gasteiger partial charge < -0.3 is 19.3 Å². The van der Waals surface area contributed by atoms with Crippen LogP contribution in [-0.4, -0.2) is 35.5 Å². The molecule has 6 nitrogen and oxygen atoms in total. The van der Waals surface area contributed by atoms with Crippen molar-refractivity contribution in [1.29, 1.82) is 5.26 Å². The number of fused-ring (bicyclic) bond motifs is 1. The highest BCUT2D eigenvalue weighted by Crippen LogP contribution is 2.43. The maximum absolute atomic E-state index is 11.2. The molecule has 1 N–H and O–H groups in total. The summed E-state index contributed by atoms with van der Waals surface area (Å²) in [4.78, 5) is 11.2. The number of hydrogen-bond acceptors (Lipinski definition) is 6. The van der Waals surface area contributed by atoms with E-state index in [9.17, 15) is 9.90 Å². The van der Waals surface area contributed by atoms with Gasteiger partial charge in [-0.2, -0.15) is 5.26 Å². The first-order valence-electron chi connectivity index (χ1n) is 7.13. The zero-order chi connectivity index (χ0) is 15.9. The van der Waals surface area contributed by atoms with E-state index in [2.05, 4.69) is 6.07 Å². The van der Waals surface area contributed by atoms with Gasteiger partial charge >= 0.3 is 5.97 Å². The molecule has 0 bridgehead atoms. The minimum atomic E-state index is -0.926. The Hall–Kier alpha value is -2.10. The predicted molar refractivity (Wildman–Crippen MR) is 75.1 cm³/mol. The van der Waals surface area contributed by atoms with Crippen LogP contribution in [0.1, 0.15) is 37.5 Å². The highest BCUT2D eigenvalue weighted by Gasteiger charge is 2.45. The second-order valence-electron chi connectivity index (χ2n) is 6.08. The Balaban J connectivity index is 1.96. The fourth-order valence-corrected chi connectivity index (χ4v) is 2.74. The summed E-state index contributed by atoms with van der Waals surface area (Å²) in [7, 11) is 0. The first kappa shape index (κ1) is 14.8. The Labute approximate surface area is 128 Å². The number of cyclic esters (lactones) is 1. The number of esters is 1.